The second-order valence-electron chi connectivity index (χ2n) is 8.25. The molecule has 0 aliphatic carbocycles. The van der Waals surface area contributed by atoms with Gasteiger partial charge in [0.25, 0.3) is 0 Å². The van der Waals surface area contributed by atoms with Gasteiger partial charge in [0.05, 0.1) is 11.5 Å². The van der Waals surface area contributed by atoms with Crippen LogP contribution in [0.1, 0.15) is 46.5 Å². The lowest BCUT2D eigenvalue weighted by Gasteiger charge is -2.32. The molecule has 3 amide bonds. The average molecular weight is 404 g/mol. The molecule has 154 valence electrons. The molecule has 0 aromatic carbocycles. The topological polar surface area (TPSA) is 122 Å². The summed E-state index contributed by atoms with van der Waals surface area (Å²) >= 11 is 0. The summed E-state index contributed by atoms with van der Waals surface area (Å²) < 4.78 is 28.1. The van der Waals surface area contributed by atoms with Crippen LogP contribution in [0.4, 0.5) is 4.79 Å². The van der Waals surface area contributed by atoms with E-state index in [9.17, 15) is 22.8 Å². The Hall–Kier alpha value is -1.84. The Morgan fingerprint density at radius 2 is 1.70 bits per heavy atom. The van der Waals surface area contributed by atoms with Gasteiger partial charge in [-0.15, -0.1) is 0 Å². The highest BCUT2D eigenvalue weighted by molar-refractivity contribution is 7.91. The lowest BCUT2D eigenvalue weighted by Crippen LogP contribution is -2.49. The Kier molecular flexibility index (Phi) is 6.72. The highest BCUT2D eigenvalue weighted by Crippen LogP contribution is 2.22. The van der Waals surface area contributed by atoms with Crippen molar-refractivity contribution in [3.63, 3.8) is 0 Å². The van der Waals surface area contributed by atoms with Crippen molar-refractivity contribution in [1.29, 1.82) is 0 Å². The van der Waals surface area contributed by atoms with Crippen molar-refractivity contribution in [3.05, 3.63) is 0 Å². The van der Waals surface area contributed by atoms with E-state index in [1.165, 1.54) is 0 Å². The molecule has 2 fully saturated rings. The summed E-state index contributed by atoms with van der Waals surface area (Å²) in [5.74, 6) is -1.03. The fourth-order valence-electron chi connectivity index (χ4n) is 3.23. The molecule has 0 unspecified atom stereocenters. The standard InChI is InChI=1S/C17H29N3O6S/c1-17(2,3)26-16(23)20-7-4-13(5-8-20)15(22)19-18-14(21)10-12-6-9-27(24,25)11-12/h12-13H,4-11H2,1-3H3,(H,18,21)(H,19,22)/t12-/m0/s1. The molecule has 0 radical (unpaired) electrons. The van der Waals surface area contributed by atoms with Crippen LogP contribution in [0.2, 0.25) is 0 Å². The lowest BCUT2D eigenvalue weighted by molar-refractivity contribution is -0.132. The predicted octanol–water partition coefficient (Wildman–Crippen LogP) is 0.606. The molecule has 1 atom stereocenters. The summed E-state index contributed by atoms with van der Waals surface area (Å²) in [5, 5.41) is 0. The van der Waals surface area contributed by atoms with E-state index in [1.807, 2.05) is 0 Å². The molecule has 2 N–H and O–H groups in total. The van der Waals surface area contributed by atoms with E-state index in [2.05, 4.69) is 10.9 Å². The van der Waals surface area contributed by atoms with E-state index in [-0.39, 0.29) is 41.8 Å². The molecule has 9 nitrogen and oxygen atoms in total. The fourth-order valence-corrected chi connectivity index (χ4v) is 5.09. The van der Waals surface area contributed by atoms with E-state index in [0.29, 0.717) is 32.4 Å². The highest BCUT2D eigenvalue weighted by atomic mass is 32.2. The van der Waals surface area contributed by atoms with Crippen LogP contribution in [0.3, 0.4) is 0 Å². The van der Waals surface area contributed by atoms with Gasteiger partial charge in [0.2, 0.25) is 11.8 Å². The third-order valence-electron chi connectivity index (χ3n) is 4.64. The molecule has 10 heteroatoms. The third-order valence-corrected chi connectivity index (χ3v) is 6.48. The number of amides is 3. The molecule has 0 bridgehead atoms. The van der Waals surface area contributed by atoms with E-state index in [1.54, 1.807) is 25.7 Å². The summed E-state index contributed by atoms with van der Waals surface area (Å²) in [4.78, 5) is 37.7. The van der Waals surface area contributed by atoms with Crippen molar-refractivity contribution in [3.8, 4) is 0 Å². The Morgan fingerprint density at radius 1 is 1.07 bits per heavy atom. The number of sulfone groups is 1. The molecule has 2 heterocycles. The van der Waals surface area contributed by atoms with Gasteiger partial charge >= 0.3 is 6.09 Å². The first-order valence-corrected chi connectivity index (χ1v) is 11.0. The number of likely N-dealkylation sites (tertiary alicyclic amines) is 1. The Labute approximate surface area is 160 Å². The first-order chi connectivity index (χ1) is 12.5. The number of hydrogen-bond donors (Lipinski definition) is 2. The zero-order chi connectivity index (χ0) is 20.2. The number of carbonyl (C=O) groups excluding carboxylic acids is 3. The maximum atomic E-state index is 12.2. The quantitative estimate of drug-likeness (QED) is 0.666. The number of carbonyl (C=O) groups is 3. The van der Waals surface area contributed by atoms with Gasteiger partial charge in [-0.2, -0.15) is 0 Å². The Balaban J connectivity index is 1.68. The van der Waals surface area contributed by atoms with E-state index in [4.69, 9.17) is 4.74 Å². The van der Waals surface area contributed by atoms with Gasteiger partial charge in [-0.25, -0.2) is 13.2 Å². The number of rotatable bonds is 3. The number of piperidine rings is 1. The van der Waals surface area contributed by atoms with Gasteiger partial charge in [-0.1, -0.05) is 0 Å². The summed E-state index contributed by atoms with van der Waals surface area (Å²) in [6.45, 7) is 6.24. The van der Waals surface area contributed by atoms with Crippen LogP contribution in [0.25, 0.3) is 0 Å². The predicted molar refractivity (Wildman–Crippen MR) is 98.2 cm³/mol. The van der Waals surface area contributed by atoms with Gasteiger partial charge < -0.3 is 9.64 Å². The maximum Gasteiger partial charge on any atom is 0.410 e. The SMILES string of the molecule is CC(C)(C)OC(=O)N1CCC(C(=O)NNC(=O)C[C@@H]2CCS(=O)(=O)C2)CC1. The van der Waals surface area contributed by atoms with Crippen molar-refractivity contribution in [2.75, 3.05) is 24.6 Å². The monoisotopic (exact) mass is 403 g/mol. The first kappa shape index (κ1) is 21.5. The number of hydrogen-bond acceptors (Lipinski definition) is 6. The van der Waals surface area contributed by atoms with Crippen molar-refractivity contribution in [2.45, 2.75) is 52.1 Å². The fraction of sp³-hybridized carbons (Fsp3) is 0.824. The first-order valence-electron chi connectivity index (χ1n) is 9.22. The van der Waals surface area contributed by atoms with Crippen LogP contribution >= 0.6 is 0 Å². The van der Waals surface area contributed by atoms with E-state index >= 15 is 0 Å². The zero-order valence-corrected chi connectivity index (χ0v) is 16.9. The van der Waals surface area contributed by atoms with Crippen LogP contribution < -0.4 is 10.9 Å². The molecule has 0 saturated carbocycles. The number of ether oxygens (including phenoxy) is 1. The number of hydrazine groups is 1. The van der Waals surface area contributed by atoms with Gasteiger partial charge in [0.1, 0.15) is 5.60 Å². The second kappa shape index (κ2) is 8.45. The molecule has 0 aromatic heterocycles. The zero-order valence-electron chi connectivity index (χ0n) is 16.1. The van der Waals surface area contributed by atoms with Crippen LogP contribution in [-0.4, -0.2) is 61.4 Å². The second-order valence-corrected chi connectivity index (χ2v) is 10.5. The van der Waals surface area contributed by atoms with Gasteiger partial charge in [0, 0.05) is 25.4 Å². The van der Waals surface area contributed by atoms with Gasteiger partial charge in [0.15, 0.2) is 9.84 Å². The third kappa shape index (κ3) is 7.00. The summed E-state index contributed by atoms with van der Waals surface area (Å²) in [5.41, 5.74) is 4.21. The van der Waals surface area contributed by atoms with Crippen molar-refractivity contribution >= 4 is 27.7 Å². The molecule has 27 heavy (non-hydrogen) atoms. The minimum atomic E-state index is -3.02. The molecular weight excluding hydrogens is 374 g/mol. The summed E-state index contributed by atoms with van der Waals surface area (Å²) in [7, 11) is -3.02. The van der Waals surface area contributed by atoms with Crippen LogP contribution in [-0.2, 0) is 24.2 Å². The van der Waals surface area contributed by atoms with Gasteiger partial charge in [-0.05, 0) is 46.0 Å². The van der Waals surface area contributed by atoms with Crippen LogP contribution in [0, 0.1) is 11.8 Å². The van der Waals surface area contributed by atoms with Gasteiger partial charge in [-0.3, -0.25) is 20.4 Å². The normalized spacial score (nSPS) is 22.9. The van der Waals surface area contributed by atoms with Crippen molar-refractivity contribution in [1.82, 2.24) is 15.8 Å². The van der Waals surface area contributed by atoms with Crippen molar-refractivity contribution < 1.29 is 27.5 Å². The number of nitrogens with one attached hydrogen (secondary N) is 2. The van der Waals surface area contributed by atoms with E-state index < -0.39 is 21.3 Å². The maximum absolute atomic E-state index is 12.2. The Bertz CT molecular complexity index is 677. The molecule has 0 spiro atoms. The highest BCUT2D eigenvalue weighted by Gasteiger charge is 2.31. The van der Waals surface area contributed by atoms with Crippen LogP contribution in [0.5, 0.6) is 0 Å². The minimum absolute atomic E-state index is 0.0253. The number of nitrogens with zero attached hydrogens (tertiary/aromatic N) is 1. The minimum Gasteiger partial charge on any atom is -0.444 e. The molecule has 2 rings (SSSR count). The summed E-state index contributed by atoms with van der Waals surface area (Å²) in [6.07, 6.45) is 1.15. The molecule has 2 aliphatic heterocycles. The summed E-state index contributed by atoms with van der Waals surface area (Å²) in [6, 6.07) is 0. The Morgan fingerprint density at radius 3 is 2.22 bits per heavy atom. The van der Waals surface area contributed by atoms with E-state index in [0.717, 1.165) is 0 Å². The molecule has 2 saturated heterocycles. The molecular formula is C17H29N3O6S. The average Bonchev–Trinajstić information content (AvgIpc) is 2.89. The smallest absolute Gasteiger partial charge is 0.410 e. The largest absolute Gasteiger partial charge is 0.444 e. The van der Waals surface area contributed by atoms with Crippen molar-refractivity contribution in [2.24, 2.45) is 11.8 Å². The molecule has 2 aliphatic rings. The van der Waals surface area contributed by atoms with Crippen LogP contribution in [0.15, 0.2) is 0 Å². The molecule has 0 aromatic rings. The lowest BCUT2D eigenvalue weighted by atomic mass is 9.96.